The van der Waals surface area contributed by atoms with Crippen molar-refractivity contribution in [3.05, 3.63) is 0 Å². The lowest BCUT2D eigenvalue weighted by Crippen LogP contribution is -2.55. The van der Waals surface area contributed by atoms with Crippen molar-refractivity contribution in [2.45, 2.75) is 50.5 Å². The molecule has 4 unspecified atom stereocenters. The molecule has 3 fully saturated rings. The van der Waals surface area contributed by atoms with Gasteiger partial charge in [0.05, 0.1) is 13.1 Å². The van der Waals surface area contributed by atoms with Crippen LogP contribution in [-0.4, -0.2) is 85.4 Å². The maximum Gasteiger partial charge on any atom is 0.410 e. The van der Waals surface area contributed by atoms with Crippen molar-refractivity contribution in [3.8, 4) is 0 Å². The molecule has 2 saturated heterocycles. The highest BCUT2D eigenvalue weighted by Crippen LogP contribution is 2.31. The third-order valence-electron chi connectivity index (χ3n) is 5.25. The molecule has 0 bridgehead atoms. The summed E-state index contributed by atoms with van der Waals surface area (Å²) in [6, 6.07) is -0.133. The van der Waals surface area contributed by atoms with Crippen molar-refractivity contribution in [2.75, 3.05) is 39.3 Å². The van der Waals surface area contributed by atoms with E-state index in [1.807, 2.05) is 0 Å². The van der Waals surface area contributed by atoms with Crippen LogP contribution in [0.2, 0.25) is 0 Å². The minimum atomic E-state index is -0.913. The number of carbonyl (C=O) groups is 2. The molecule has 2 heterocycles. The largest absolute Gasteiger partial charge is 0.442 e. The van der Waals surface area contributed by atoms with E-state index in [-0.39, 0.29) is 30.2 Å². The van der Waals surface area contributed by atoms with Crippen molar-refractivity contribution in [2.24, 2.45) is 0 Å². The number of alkyl halides is 1. The van der Waals surface area contributed by atoms with Crippen LogP contribution in [0.4, 0.5) is 9.18 Å². The number of carbonyl (C=O) groups excluding carboxylic acids is 2. The molecule has 4 atom stereocenters. The van der Waals surface area contributed by atoms with Crippen LogP contribution >= 0.6 is 0 Å². The van der Waals surface area contributed by atoms with Gasteiger partial charge < -0.3 is 20.3 Å². The van der Waals surface area contributed by atoms with Crippen LogP contribution in [-0.2, 0) is 9.53 Å². The number of ether oxygens (including phenoxy) is 1. The van der Waals surface area contributed by atoms with Crippen molar-refractivity contribution >= 4 is 12.0 Å². The van der Waals surface area contributed by atoms with Gasteiger partial charge in [-0.05, 0) is 12.8 Å². The maximum atomic E-state index is 14.7. The summed E-state index contributed by atoms with van der Waals surface area (Å²) in [4.78, 5) is 26.9. The molecular weight excluding hydrogens is 315 g/mol. The number of piperazine rings is 1. The van der Waals surface area contributed by atoms with Crippen molar-refractivity contribution in [1.29, 1.82) is 0 Å². The average molecular weight is 342 g/mol. The molecule has 3 aliphatic rings. The molecule has 0 aromatic carbocycles. The number of cyclic esters (lactones) is 1. The number of hydrogen-bond donors (Lipinski definition) is 2. The van der Waals surface area contributed by atoms with Crippen LogP contribution in [0.15, 0.2) is 0 Å². The molecule has 2 amide bonds. The fourth-order valence-corrected chi connectivity index (χ4v) is 3.99. The molecule has 24 heavy (non-hydrogen) atoms. The van der Waals surface area contributed by atoms with E-state index in [1.165, 1.54) is 6.92 Å². The van der Waals surface area contributed by atoms with Crippen LogP contribution in [0.1, 0.15) is 26.2 Å². The van der Waals surface area contributed by atoms with Gasteiger partial charge in [-0.1, -0.05) is 0 Å². The summed E-state index contributed by atoms with van der Waals surface area (Å²) in [6.07, 6.45) is 0.303. The molecule has 2 aliphatic heterocycles. The molecule has 1 saturated carbocycles. The second-order valence-electron chi connectivity index (χ2n) is 6.93. The third-order valence-corrected chi connectivity index (χ3v) is 5.25. The zero-order valence-electron chi connectivity index (χ0n) is 14.2. The summed E-state index contributed by atoms with van der Waals surface area (Å²) in [5.74, 6) is -0.148. The standard InChI is InChI=1S/C16H27FN4O3/c1-11(22)19-9-13-10-21(16(23)24-13)12-2-3-15(14(17)8-12)20-6-4-18-5-7-20/h12-15,18H,2-10H2,1H3,(H,19,22). The minimum absolute atomic E-state index is 0.0304. The first-order chi connectivity index (χ1) is 11.5. The number of amides is 2. The van der Waals surface area contributed by atoms with Crippen molar-refractivity contribution < 1.29 is 18.7 Å². The molecule has 2 N–H and O–H groups in total. The maximum absolute atomic E-state index is 14.7. The molecule has 136 valence electrons. The van der Waals surface area contributed by atoms with Crippen LogP contribution in [0.3, 0.4) is 0 Å². The number of rotatable bonds is 4. The summed E-state index contributed by atoms with van der Waals surface area (Å²) in [5, 5.41) is 5.95. The molecule has 0 aromatic heterocycles. The van der Waals surface area contributed by atoms with Gasteiger partial charge >= 0.3 is 6.09 Å². The Hall–Kier alpha value is -1.41. The Bertz CT molecular complexity index is 472. The first kappa shape index (κ1) is 17.4. The topological polar surface area (TPSA) is 73.9 Å². The van der Waals surface area contributed by atoms with E-state index in [0.29, 0.717) is 19.5 Å². The predicted octanol–water partition coefficient (Wildman–Crippen LogP) is 0.108. The van der Waals surface area contributed by atoms with Crippen molar-refractivity contribution in [3.63, 3.8) is 0 Å². The number of nitrogens with one attached hydrogen (secondary N) is 2. The SMILES string of the molecule is CC(=O)NCC1CN(C2CCC(N3CCNCC3)C(F)C2)C(=O)O1. The predicted molar refractivity (Wildman–Crippen MR) is 86.4 cm³/mol. The zero-order valence-corrected chi connectivity index (χ0v) is 14.2. The van der Waals surface area contributed by atoms with E-state index in [9.17, 15) is 14.0 Å². The quantitative estimate of drug-likeness (QED) is 0.759. The van der Waals surface area contributed by atoms with Gasteiger partial charge in [0.1, 0.15) is 12.3 Å². The molecule has 0 aromatic rings. The summed E-state index contributed by atoms with van der Waals surface area (Å²) in [5.41, 5.74) is 0. The minimum Gasteiger partial charge on any atom is -0.442 e. The van der Waals surface area contributed by atoms with Gasteiger partial charge in [0, 0.05) is 51.6 Å². The van der Waals surface area contributed by atoms with E-state index >= 15 is 0 Å². The van der Waals surface area contributed by atoms with Gasteiger partial charge in [-0.2, -0.15) is 0 Å². The van der Waals surface area contributed by atoms with E-state index in [4.69, 9.17) is 4.74 Å². The highest BCUT2D eigenvalue weighted by molar-refractivity contribution is 5.73. The van der Waals surface area contributed by atoms with Crippen molar-refractivity contribution in [1.82, 2.24) is 20.4 Å². The van der Waals surface area contributed by atoms with E-state index in [1.54, 1.807) is 4.90 Å². The van der Waals surface area contributed by atoms with Crippen LogP contribution < -0.4 is 10.6 Å². The average Bonchev–Trinajstić information content (AvgIpc) is 2.94. The first-order valence-corrected chi connectivity index (χ1v) is 8.85. The van der Waals surface area contributed by atoms with E-state index in [0.717, 1.165) is 39.0 Å². The number of hydrogen-bond acceptors (Lipinski definition) is 5. The summed E-state index contributed by atoms with van der Waals surface area (Å²) in [6.45, 7) is 5.77. The summed E-state index contributed by atoms with van der Waals surface area (Å²) >= 11 is 0. The lowest BCUT2D eigenvalue weighted by atomic mass is 9.87. The van der Waals surface area contributed by atoms with Gasteiger partial charge in [0.25, 0.3) is 0 Å². The highest BCUT2D eigenvalue weighted by Gasteiger charge is 2.42. The molecule has 0 radical (unpaired) electrons. The Morgan fingerprint density at radius 3 is 2.79 bits per heavy atom. The smallest absolute Gasteiger partial charge is 0.410 e. The van der Waals surface area contributed by atoms with E-state index in [2.05, 4.69) is 15.5 Å². The molecule has 8 heteroatoms. The number of nitrogens with zero attached hydrogens (tertiary/aromatic N) is 2. The fraction of sp³-hybridized carbons (Fsp3) is 0.875. The van der Waals surface area contributed by atoms with Gasteiger partial charge in [-0.25, -0.2) is 9.18 Å². The molecule has 7 nitrogen and oxygen atoms in total. The molecular formula is C16H27FN4O3. The first-order valence-electron chi connectivity index (χ1n) is 8.85. The van der Waals surface area contributed by atoms with Crippen LogP contribution in [0.25, 0.3) is 0 Å². The monoisotopic (exact) mass is 342 g/mol. The second-order valence-corrected chi connectivity index (χ2v) is 6.93. The summed E-state index contributed by atoms with van der Waals surface area (Å²) in [7, 11) is 0. The zero-order chi connectivity index (χ0) is 17.1. The normalized spacial score (nSPS) is 34.9. The van der Waals surface area contributed by atoms with Gasteiger partial charge in [-0.3, -0.25) is 9.69 Å². The summed E-state index contributed by atoms with van der Waals surface area (Å²) < 4.78 is 20.0. The Morgan fingerprint density at radius 2 is 2.12 bits per heavy atom. The lowest BCUT2D eigenvalue weighted by Gasteiger charge is -2.42. The third kappa shape index (κ3) is 3.97. The van der Waals surface area contributed by atoms with Gasteiger partial charge in [-0.15, -0.1) is 0 Å². The molecule has 1 aliphatic carbocycles. The van der Waals surface area contributed by atoms with Crippen LogP contribution in [0, 0.1) is 0 Å². The highest BCUT2D eigenvalue weighted by atomic mass is 19.1. The van der Waals surface area contributed by atoms with Gasteiger partial charge in [0.15, 0.2) is 0 Å². The number of halogens is 1. The Balaban J connectivity index is 1.51. The Morgan fingerprint density at radius 1 is 1.38 bits per heavy atom. The Kier molecular flexibility index (Phi) is 5.55. The van der Waals surface area contributed by atoms with E-state index < -0.39 is 6.17 Å². The molecule has 0 spiro atoms. The fourth-order valence-electron chi connectivity index (χ4n) is 3.99. The molecule has 3 rings (SSSR count). The van der Waals surface area contributed by atoms with Gasteiger partial charge in [0.2, 0.25) is 5.91 Å². The Labute approximate surface area is 141 Å². The lowest BCUT2D eigenvalue weighted by molar-refractivity contribution is -0.119. The second kappa shape index (κ2) is 7.65. The van der Waals surface area contributed by atoms with Crippen LogP contribution in [0.5, 0.6) is 0 Å².